The van der Waals surface area contributed by atoms with Gasteiger partial charge in [-0.05, 0) is 19.9 Å². The molecule has 0 saturated carbocycles. The van der Waals surface area contributed by atoms with Crippen LogP contribution in [0.25, 0.3) is 0 Å². The summed E-state index contributed by atoms with van der Waals surface area (Å²) >= 11 is 0. The zero-order valence-electron chi connectivity index (χ0n) is 6.17. The van der Waals surface area contributed by atoms with E-state index < -0.39 is 0 Å². The summed E-state index contributed by atoms with van der Waals surface area (Å²) in [6.07, 6.45) is 0.883. The number of likely N-dealkylation sites (tertiary alicyclic amines) is 1. The number of likely N-dealkylation sites (N-methyl/N-ethyl adjacent to an activating group) is 1. The van der Waals surface area contributed by atoms with Crippen molar-refractivity contribution in [1.29, 1.82) is 0 Å². The number of β-amino-alcohol motifs (C(OH)–C–C–N with tert-alkyl or cyclic N) is 1. The Balaban J connectivity index is 2.38. The molecule has 2 nitrogen and oxygen atoms in total. The van der Waals surface area contributed by atoms with Gasteiger partial charge in [-0.1, -0.05) is 6.92 Å². The Kier molecular flexibility index (Phi) is 2.09. The van der Waals surface area contributed by atoms with Crippen molar-refractivity contribution in [2.24, 2.45) is 0 Å². The van der Waals surface area contributed by atoms with Crippen LogP contribution in [0.3, 0.4) is 0 Å². The van der Waals surface area contributed by atoms with Crippen LogP contribution in [-0.4, -0.2) is 35.2 Å². The standard InChI is InChI=1S/C7H15NO/c1-3-8-5-7(9)4-6(8)2/h6-7,9H,3-5H2,1-2H3/t6-,7+/m0/s1. The van der Waals surface area contributed by atoms with Crippen LogP contribution in [0.15, 0.2) is 0 Å². The van der Waals surface area contributed by atoms with Crippen molar-refractivity contribution in [3.05, 3.63) is 0 Å². The van der Waals surface area contributed by atoms with Gasteiger partial charge in [-0.2, -0.15) is 0 Å². The molecule has 1 N–H and O–H groups in total. The maximum Gasteiger partial charge on any atom is 0.0682 e. The van der Waals surface area contributed by atoms with Crippen LogP contribution >= 0.6 is 0 Å². The van der Waals surface area contributed by atoms with E-state index in [1.807, 2.05) is 0 Å². The minimum atomic E-state index is -0.0695. The van der Waals surface area contributed by atoms with Crippen LogP contribution in [0.5, 0.6) is 0 Å². The largest absolute Gasteiger partial charge is 0.392 e. The summed E-state index contributed by atoms with van der Waals surface area (Å²) in [4.78, 5) is 2.30. The van der Waals surface area contributed by atoms with Crippen molar-refractivity contribution in [2.75, 3.05) is 13.1 Å². The zero-order valence-corrected chi connectivity index (χ0v) is 6.17. The highest BCUT2D eigenvalue weighted by molar-refractivity contribution is 4.80. The Morgan fingerprint density at radius 3 is 2.56 bits per heavy atom. The molecule has 1 saturated heterocycles. The molecule has 1 aliphatic heterocycles. The molecule has 0 aromatic heterocycles. The Labute approximate surface area is 56.5 Å². The maximum atomic E-state index is 9.16. The molecular formula is C7H15NO. The second-order valence-electron chi connectivity index (χ2n) is 2.83. The average molecular weight is 129 g/mol. The summed E-state index contributed by atoms with van der Waals surface area (Å²) in [5, 5.41) is 9.16. The summed E-state index contributed by atoms with van der Waals surface area (Å²) in [6.45, 7) is 6.24. The fourth-order valence-electron chi connectivity index (χ4n) is 1.51. The number of hydrogen-bond acceptors (Lipinski definition) is 2. The van der Waals surface area contributed by atoms with Crippen molar-refractivity contribution in [1.82, 2.24) is 4.90 Å². The van der Waals surface area contributed by atoms with E-state index in [0.29, 0.717) is 6.04 Å². The summed E-state index contributed by atoms with van der Waals surface area (Å²) < 4.78 is 0. The molecule has 1 heterocycles. The van der Waals surface area contributed by atoms with Gasteiger partial charge in [0.2, 0.25) is 0 Å². The zero-order chi connectivity index (χ0) is 6.85. The van der Waals surface area contributed by atoms with Gasteiger partial charge in [0.25, 0.3) is 0 Å². The third-order valence-corrected chi connectivity index (χ3v) is 2.09. The van der Waals surface area contributed by atoms with Crippen LogP contribution in [0.4, 0.5) is 0 Å². The first kappa shape index (κ1) is 7.03. The second kappa shape index (κ2) is 2.67. The van der Waals surface area contributed by atoms with Crippen LogP contribution in [0.1, 0.15) is 20.3 Å². The molecule has 2 heteroatoms. The molecule has 1 rings (SSSR count). The van der Waals surface area contributed by atoms with Crippen LogP contribution in [-0.2, 0) is 0 Å². The van der Waals surface area contributed by atoms with Gasteiger partial charge >= 0.3 is 0 Å². The van der Waals surface area contributed by atoms with Gasteiger partial charge in [0.05, 0.1) is 6.10 Å². The molecule has 1 aliphatic rings. The Hall–Kier alpha value is -0.0800. The van der Waals surface area contributed by atoms with Crippen molar-refractivity contribution < 1.29 is 5.11 Å². The van der Waals surface area contributed by atoms with Gasteiger partial charge in [0, 0.05) is 12.6 Å². The fraction of sp³-hybridized carbons (Fsp3) is 1.00. The summed E-state index contributed by atoms with van der Waals surface area (Å²) in [5.41, 5.74) is 0. The van der Waals surface area contributed by atoms with Crippen LogP contribution in [0.2, 0.25) is 0 Å². The summed E-state index contributed by atoms with van der Waals surface area (Å²) in [7, 11) is 0. The lowest BCUT2D eigenvalue weighted by atomic mass is 10.2. The number of aliphatic hydroxyl groups excluding tert-OH is 1. The molecule has 0 amide bonds. The monoisotopic (exact) mass is 129 g/mol. The van der Waals surface area contributed by atoms with Crippen molar-refractivity contribution >= 4 is 0 Å². The SMILES string of the molecule is CCN1C[C@H](O)C[C@@H]1C. The molecule has 1 fully saturated rings. The van der Waals surface area contributed by atoms with Crippen molar-refractivity contribution in [3.8, 4) is 0 Å². The number of rotatable bonds is 1. The molecule has 0 aliphatic carbocycles. The molecule has 2 atom stereocenters. The van der Waals surface area contributed by atoms with E-state index in [4.69, 9.17) is 5.11 Å². The predicted octanol–water partition coefficient (Wildman–Crippen LogP) is 0.461. The van der Waals surface area contributed by atoms with Crippen LogP contribution < -0.4 is 0 Å². The van der Waals surface area contributed by atoms with Gasteiger partial charge in [-0.3, -0.25) is 4.90 Å². The Morgan fingerprint density at radius 2 is 2.33 bits per heavy atom. The molecule has 0 aromatic rings. The minimum Gasteiger partial charge on any atom is -0.392 e. The number of aliphatic hydroxyl groups is 1. The van der Waals surface area contributed by atoms with E-state index in [2.05, 4.69) is 18.7 Å². The van der Waals surface area contributed by atoms with E-state index in [0.717, 1.165) is 19.5 Å². The third-order valence-electron chi connectivity index (χ3n) is 2.09. The van der Waals surface area contributed by atoms with E-state index in [1.165, 1.54) is 0 Å². The molecule has 0 unspecified atom stereocenters. The molecule has 0 bridgehead atoms. The Bertz CT molecular complexity index is 94.9. The van der Waals surface area contributed by atoms with E-state index in [1.54, 1.807) is 0 Å². The highest BCUT2D eigenvalue weighted by atomic mass is 16.3. The van der Waals surface area contributed by atoms with Crippen molar-refractivity contribution in [2.45, 2.75) is 32.4 Å². The van der Waals surface area contributed by atoms with Crippen LogP contribution in [0, 0.1) is 0 Å². The molecule has 0 spiro atoms. The smallest absolute Gasteiger partial charge is 0.0682 e. The highest BCUT2D eigenvalue weighted by Gasteiger charge is 2.25. The quantitative estimate of drug-likeness (QED) is 0.556. The molecule has 9 heavy (non-hydrogen) atoms. The maximum absolute atomic E-state index is 9.16. The number of nitrogens with zero attached hydrogens (tertiary/aromatic N) is 1. The third kappa shape index (κ3) is 1.43. The van der Waals surface area contributed by atoms with E-state index in [-0.39, 0.29) is 6.10 Å². The topological polar surface area (TPSA) is 23.5 Å². The first-order chi connectivity index (χ1) is 4.24. The lowest BCUT2D eigenvalue weighted by molar-refractivity contribution is 0.177. The van der Waals surface area contributed by atoms with E-state index in [9.17, 15) is 0 Å². The summed E-state index contributed by atoms with van der Waals surface area (Å²) in [6, 6.07) is 0.588. The molecule has 0 aromatic carbocycles. The van der Waals surface area contributed by atoms with Crippen molar-refractivity contribution in [3.63, 3.8) is 0 Å². The molecular weight excluding hydrogens is 114 g/mol. The predicted molar refractivity (Wildman–Crippen MR) is 37.3 cm³/mol. The molecule has 54 valence electrons. The van der Waals surface area contributed by atoms with Gasteiger partial charge in [-0.15, -0.1) is 0 Å². The van der Waals surface area contributed by atoms with Gasteiger partial charge in [0.15, 0.2) is 0 Å². The van der Waals surface area contributed by atoms with Gasteiger partial charge in [0.1, 0.15) is 0 Å². The van der Waals surface area contributed by atoms with Gasteiger partial charge < -0.3 is 5.11 Å². The lowest BCUT2D eigenvalue weighted by Crippen LogP contribution is -2.26. The number of hydrogen-bond donors (Lipinski definition) is 1. The fourth-order valence-corrected chi connectivity index (χ4v) is 1.51. The lowest BCUT2D eigenvalue weighted by Gasteiger charge is -2.16. The first-order valence-corrected chi connectivity index (χ1v) is 3.66. The minimum absolute atomic E-state index is 0.0695. The Morgan fingerprint density at radius 1 is 1.67 bits per heavy atom. The highest BCUT2D eigenvalue weighted by Crippen LogP contribution is 2.15. The normalized spacial score (nSPS) is 37.7. The first-order valence-electron chi connectivity index (χ1n) is 3.66. The van der Waals surface area contributed by atoms with Gasteiger partial charge in [-0.25, -0.2) is 0 Å². The molecule has 0 radical (unpaired) electrons. The average Bonchev–Trinajstić information content (AvgIpc) is 2.10. The second-order valence-corrected chi connectivity index (χ2v) is 2.83. The van der Waals surface area contributed by atoms with E-state index >= 15 is 0 Å². The summed E-state index contributed by atoms with van der Waals surface area (Å²) in [5.74, 6) is 0.